The number of rotatable bonds is 4. The molecule has 1 N–H and O–H groups in total. The third-order valence-electron chi connectivity index (χ3n) is 3.43. The van der Waals surface area contributed by atoms with E-state index >= 15 is 0 Å². The predicted molar refractivity (Wildman–Crippen MR) is 68.7 cm³/mol. The summed E-state index contributed by atoms with van der Waals surface area (Å²) in [4.78, 5) is 14.0. The van der Waals surface area contributed by atoms with Crippen molar-refractivity contribution in [2.24, 2.45) is 5.92 Å². The van der Waals surface area contributed by atoms with Crippen molar-refractivity contribution in [1.29, 1.82) is 0 Å². The summed E-state index contributed by atoms with van der Waals surface area (Å²) in [6.07, 6.45) is 1.41. The summed E-state index contributed by atoms with van der Waals surface area (Å²) in [7, 11) is 3.36. The SMILES string of the molecule is COc1ccccc1C(=O)N(C)CC1CC(O)C1. The zero-order chi connectivity index (χ0) is 13.1. The van der Waals surface area contributed by atoms with Crippen molar-refractivity contribution < 1.29 is 14.6 Å². The van der Waals surface area contributed by atoms with Gasteiger partial charge in [-0.1, -0.05) is 12.1 Å². The molecular formula is C14H19NO3. The molecule has 1 fully saturated rings. The minimum absolute atomic E-state index is 0.0335. The van der Waals surface area contributed by atoms with Gasteiger partial charge < -0.3 is 14.7 Å². The molecule has 18 heavy (non-hydrogen) atoms. The number of aliphatic hydroxyl groups excluding tert-OH is 1. The van der Waals surface area contributed by atoms with Crippen LogP contribution < -0.4 is 4.74 Å². The Bertz CT molecular complexity index is 427. The van der Waals surface area contributed by atoms with E-state index in [9.17, 15) is 9.90 Å². The normalized spacial score (nSPS) is 22.2. The molecule has 0 radical (unpaired) electrons. The van der Waals surface area contributed by atoms with Crippen molar-refractivity contribution in [3.8, 4) is 5.75 Å². The van der Waals surface area contributed by atoms with E-state index in [-0.39, 0.29) is 12.0 Å². The minimum Gasteiger partial charge on any atom is -0.496 e. The predicted octanol–water partition coefficient (Wildman–Crippen LogP) is 1.54. The van der Waals surface area contributed by atoms with Crippen LogP contribution in [0.5, 0.6) is 5.75 Å². The first kappa shape index (κ1) is 12.9. The van der Waals surface area contributed by atoms with Crippen LogP contribution in [0.15, 0.2) is 24.3 Å². The van der Waals surface area contributed by atoms with Gasteiger partial charge in [0.1, 0.15) is 5.75 Å². The molecule has 2 rings (SSSR count). The Morgan fingerprint density at radius 2 is 2.11 bits per heavy atom. The first-order valence-corrected chi connectivity index (χ1v) is 6.18. The Morgan fingerprint density at radius 1 is 1.44 bits per heavy atom. The second kappa shape index (κ2) is 5.40. The summed E-state index contributed by atoms with van der Waals surface area (Å²) in [6, 6.07) is 7.23. The van der Waals surface area contributed by atoms with Gasteiger partial charge >= 0.3 is 0 Å². The first-order valence-electron chi connectivity index (χ1n) is 6.18. The van der Waals surface area contributed by atoms with Crippen LogP contribution in [0.3, 0.4) is 0 Å². The summed E-state index contributed by atoms with van der Waals surface area (Å²) < 4.78 is 5.19. The van der Waals surface area contributed by atoms with E-state index < -0.39 is 0 Å². The molecule has 4 heteroatoms. The number of nitrogens with zero attached hydrogens (tertiary/aromatic N) is 1. The molecule has 1 amide bonds. The molecule has 4 nitrogen and oxygen atoms in total. The maximum atomic E-state index is 12.3. The maximum absolute atomic E-state index is 12.3. The molecule has 0 heterocycles. The van der Waals surface area contributed by atoms with Crippen molar-refractivity contribution in [2.45, 2.75) is 18.9 Å². The zero-order valence-corrected chi connectivity index (χ0v) is 10.8. The standard InChI is InChI=1S/C14H19NO3/c1-15(9-10-7-11(16)8-10)14(17)12-5-3-4-6-13(12)18-2/h3-6,10-11,16H,7-9H2,1-2H3. The molecule has 0 saturated heterocycles. The molecule has 0 aliphatic heterocycles. The lowest BCUT2D eigenvalue weighted by atomic mass is 9.82. The third-order valence-corrected chi connectivity index (χ3v) is 3.43. The molecule has 1 saturated carbocycles. The number of methoxy groups -OCH3 is 1. The highest BCUT2D eigenvalue weighted by Gasteiger charge is 2.29. The number of ether oxygens (including phenoxy) is 1. The summed E-state index contributed by atoms with van der Waals surface area (Å²) in [5.41, 5.74) is 0.586. The summed E-state index contributed by atoms with van der Waals surface area (Å²) in [6.45, 7) is 0.688. The van der Waals surface area contributed by atoms with Crippen LogP contribution in [0.4, 0.5) is 0 Å². The monoisotopic (exact) mass is 249 g/mol. The zero-order valence-electron chi connectivity index (χ0n) is 10.8. The number of aliphatic hydroxyl groups is 1. The average molecular weight is 249 g/mol. The van der Waals surface area contributed by atoms with Crippen molar-refractivity contribution in [1.82, 2.24) is 4.90 Å². The lowest BCUT2D eigenvalue weighted by Gasteiger charge is -2.34. The lowest BCUT2D eigenvalue weighted by molar-refractivity contribution is 0.0264. The average Bonchev–Trinajstić information content (AvgIpc) is 2.35. The van der Waals surface area contributed by atoms with Gasteiger partial charge in [-0.3, -0.25) is 4.79 Å². The van der Waals surface area contributed by atoms with Crippen LogP contribution in [0.2, 0.25) is 0 Å². The van der Waals surface area contributed by atoms with Crippen LogP contribution in [0.1, 0.15) is 23.2 Å². The fourth-order valence-corrected chi connectivity index (χ4v) is 2.35. The Hall–Kier alpha value is -1.55. The summed E-state index contributed by atoms with van der Waals surface area (Å²) in [5.74, 6) is 0.987. The highest BCUT2D eigenvalue weighted by atomic mass is 16.5. The molecule has 98 valence electrons. The number of hydrogen-bond acceptors (Lipinski definition) is 3. The molecular weight excluding hydrogens is 230 g/mol. The van der Waals surface area contributed by atoms with E-state index in [0.29, 0.717) is 23.8 Å². The first-order chi connectivity index (χ1) is 8.61. The van der Waals surface area contributed by atoms with Gasteiger partial charge in [0, 0.05) is 13.6 Å². The second-order valence-electron chi connectivity index (χ2n) is 4.88. The number of para-hydroxylation sites is 1. The Kier molecular flexibility index (Phi) is 3.87. The lowest BCUT2D eigenvalue weighted by Crippen LogP contribution is -2.39. The number of benzene rings is 1. The molecule has 1 aliphatic rings. The van der Waals surface area contributed by atoms with Gasteiger partial charge in [0.25, 0.3) is 5.91 Å². The largest absolute Gasteiger partial charge is 0.496 e. The summed E-state index contributed by atoms with van der Waals surface area (Å²) >= 11 is 0. The van der Waals surface area contributed by atoms with Crippen molar-refractivity contribution in [3.05, 3.63) is 29.8 Å². The highest BCUT2D eigenvalue weighted by molar-refractivity contribution is 5.96. The van der Waals surface area contributed by atoms with Gasteiger partial charge in [-0.15, -0.1) is 0 Å². The minimum atomic E-state index is -0.176. The van der Waals surface area contributed by atoms with Gasteiger partial charge in [-0.25, -0.2) is 0 Å². The van der Waals surface area contributed by atoms with Crippen LogP contribution in [-0.4, -0.2) is 42.7 Å². The summed E-state index contributed by atoms with van der Waals surface area (Å²) in [5, 5.41) is 9.25. The molecule has 0 spiro atoms. The molecule has 0 atom stereocenters. The molecule has 0 unspecified atom stereocenters. The van der Waals surface area contributed by atoms with Crippen LogP contribution in [0, 0.1) is 5.92 Å². The number of hydrogen-bond donors (Lipinski definition) is 1. The number of amides is 1. The Morgan fingerprint density at radius 3 is 2.72 bits per heavy atom. The number of carbonyl (C=O) groups excluding carboxylic acids is 1. The molecule has 1 aliphatic carbocycles. The Labute approximate surface area is 107 Å². The van der Waals surface area contributed by atoms with E-state index in [4.69, 9.17) is 4.74 Å². The van der Waals surface area contributed by atoms with E-state index in [2.05, 4.69) is 0 Å². The quantitative estimate of drug-likeness (QED) is 0.880. The van der Waals surface area contributed by atoms with Crippen molar-refractivity contribution >= 4 is 5.91 Å². The van der Waals surface area contributed by atoms with Crippen LogP contribution >= 0.6 is 0 Å². The highest BCUT2D eigenvalue weighted by Crippen LogP contribution is 2.28. The van der Waals surface area contributed by atoms with Crippen molar-refractivity contribution in [2.75, 3.05) is 20.7 Å². The smallest absolute Gasteiger partial charge is 0.257 e. The van der Waals surface area contributed by atoms with Gasteiger partial charge in [0.2, 0.25) is 0 Å². The van der Waals surface area contributed by atoms with E-state index in [1.165, 1.54) is 0 Å². The van der Waals surface area contributed by atoms with E-state index in [0.717, 1.165) is 12.8 Å². The fraction of sp³-hybridized carbons (Fsp3) is 0.500. The second-order valence-corrected chi connectivity index (χ2v) is 4.88. The van der Waals surface area contributed by atoms with E-state index in [1.807, 2.05) is 12.1 Å². The van der Waals surface area contributed by atoms with Gasteiger partial charge in [0.05, 0.1) is 18.8 Å². The van der Waals surface area contributed by atoms with E-state index in [1.54, 1.807) is 31.2 Å². The Balaban J connectivity index is 2.01. The van der Waals surface area contributed by atoms with Crippen LogP contribution in [0.25, 0.3) is 0 Å². The molecule has 1 aromatic carbocycles. The maximum Gasteiger partial charge on any atom is 0.257 e. The number of carbonyl (C=O) groups is 1. The molecule has 0 aromatic heterocycles. The van der Waals surface area contributed by atoms with Crippen LogP contribution in [-0.2, 0) is 0 Å². The van der Waals surface area contributed by atoms with Gasteiger partial charge in [0.15, 0.2) is 0 Å². The van der Waals surface area contributed by atoms with Gasteiger partial charge in [-0.2, -0.15) is 0 Å². The molecule has 0 bridgehead atoms. The molecule has 1 aromatic rings. The fourth-order valence-electron chi connectivity index (χ4n) is 2.35. The third kappa shape index (κ3) is 2.64. The topological polar surface area (TPSA) is 49.8 Å². The van der Waals surface area contributed by atoms with Crippen molar-refractivity contribution in [3.63, 3.8) is 0 Å². The van der Waals surface area contributed by atoms with Gasteiger partial charge in [-0.05, 0) is 30.9 Å².